The van der Waals surface area contributed by atoms with Gasteiger partial charge >= 0.3 is 12.1 Å². The van der Waals surface area contributed by atoms with E-state index >= 15 is 0 Å². The van der Waals surface area contributed by atoms with Crippen LogP contribution in [0, 0.1) is 0 Å². The van der Waals surface area contributed by atoms with Gasteiger partial charge in [0, 0.05) is 6.04 Å². The minimum Gasteiger partial charge on any atom is -0.492 e. The third kappa shape index (κ3) is 4.69. The van der Waals surface area contributed by atoms with Gasteiger partial charge in [0.25, 0.3) is 0 Å². The van der Waals surface area contributed by atoms with Crippen molar-refractivity contribution in [3.8, 4) is 5.75 Å². The molecule has 1 aromatic heterocycles. The van der Waals surface area contributed by atoms with Crippen LogP contribution in [0.15, 0.2) is 0 Å². The number of nitrogen functional groups attached to an aromatic ring is 1. The Morgan fingerprint density at radius 3 is 2.57 bits per heavy atom. The molecule has 0 aliphatic heterocycles. The molecule has 120 valence electrons. The van der Waals surface area contributed by atoms with Crippen LogP contribution in [-0.4, -0.2) is 31.9 Å². The van der Waals surface area contributed by atoms with Crippen LogP contribution in [0.1, 0.15) is 29.9 Å². The van der Waals surface area contributed by atoms with Crippen LogP contribution < -0.4 is 15.8 Å². The van der Waals surface area contributed by atoms with Gasteiger partial charge in [0.2, 0.25) is 0 Å². The van der Waals surface area contributed by atoms with E-state index in [2.05, 4.69) is 5.32 Å². The molecule has 0 aromatic carbocycles. The van der Waals surface area contributed by atoms with Crippen LogP contribution in [-0.2, 0) is 4.74 Å². The summed E-state index contributed by atoms with van der Waals surface area (Å²) in [5.41, 5.74) is 5.83. The molecule has 3 N–H and O–H groups in total. The number of methoxy groups -OCH3 is 1. The highest BCUT2D eigenvalue weighted by Gasteiger charge is 2.31. The summed E-state index contributed by atoms with van der Waals surface area (Å²) >= 11 is 0.910. The number of anilines is 2. The molecule has 5 nitrogen and oxygen atoms in total. The summed E-state index contributed by atoms with van der Waals surface area (Å²) in [7, 11) is 1.33. The predicted octanol–water partition coefficient (Wildman–Crippen LogP) is 3.27. The van der Waals surface area contributed by atoms with Crippen molar-refractivity contribution in [2.75, 3.05) is 24.8 Å². The maximum absolute atomic E-state index is 12.3. The van der Waals surface area contributed by atoms with Crippen LogP contribution in [0.25, 0.3) is 0 Å². The number of hydrogen-bond donors (Lipinski definition) is 2. The number of hydrogen-bond acceptors (Lipinski definition) is 6. The Morgan fingerprint density at radius 2 is 2.10 bits per heavy atom. The molecule has 1 aromatic rings. The molecule has 21 heavy (non-hydrogen) atoms. The number of esters is 1. The summed E-state index contributed by atoms with van der Waals surface area (Å²) in [6.45, 7) is 3.20. The maximum atomic E-state index is 12.3. The first-order valence-corrected chi connectivity index (χ1v) is 6.97. The smallest absolute Gasteiger partial charge is 0.391 e. The molecule has 9 heteroatoms. The van der Waals surface area contributed by atoms with Gasteiger partial charge in [-0.15, -0.1) is 11.3 Å². The normalized spacial score (nSPS) is 12.9. The standard InChI is InChI=1S/C12H17F3N2O3S/c1-4-20-11(18)9-7(16)8(19-3)10(21-9)17-6(2)5-12(13,14)15/h6,17H,4-5,16H2,1-3H3. The second kappa shape index (κ2) is 6.88. The molecule has 0 spiro atoms. The SMILES string of the molecule is CCOC(=O)c1sc(NC(C)CC(F)(F)F)c(OC)c1N. The van der Waals surface area contributed by atoms with E-state index in [0.717, 1.165) is 11.3 Å². The summed E-state index contributed by atoms with van der Waals surface area (Å²) in [5, 5.41) is 2.93. The van der Waals surface area contributed by atoms with E-state index in [9.17, 15) is 18.0 Å². The molecule has 0 aliphatic carbocycles. The molecule has 0 radical (unpaired) electrons. The highest BCUT2D eigenvalue weighted by atomic mass is 32.1. The molecule has 0 aliphatic rings. The van der Waals surface area contributed by atoms with E-state index in [0.29, 0.717) is 0 Å². The van der Waals surface area contributed by atoms with Gasteiger partial charge in [0.1, 0.15) is 15.6 Å². The van der Waals surface area contributed by atoms with Crippen LogP contribution in [0.3, 0.4) is 0 Å². The number of nitrogens with one attached hydrogen (secondary N) is 1. The number of alkyl halides is 3. The maximum Gasteiger partial charge on any atom is 0.391 e. The third-order valence-electron chi connectivity index (χ3n) is 2.48. The lowest BCUT2D eigenvalue weighted by Crippen LogP contribution is -2.23. The summed E-state index contributed by atoms with van der Waals surface area (Å²) < 4.78 is 46.9. The van der Waals surface area contributed by atoms with Crippen LogP contribution in [0.4, 0.5) is 23.9 Å². The Bertz CT molecular complexity index is 503. The highest BCUT2D eigenvalue weighted by Crippen LogP contribution is 2.43. The number of ether oxygens (including phenoxy) is 2. The summed E-state index contributed by atoms with van der Waals surface area (Å²) in [5.74, 6) is -0.480. The minimum absolute atomic E-state index is 0.0580. The topological polar surface area (TPSA) is 73.6 Å². The lowest BCUT2D eigenvalue weighted by Gasteiger charge is -2.16. The van der Waals surface area contributed by atoms with E-state index in [1.807, 2.05) is 0 Å². The van der Waals surface area contributed by atoms with Gasteiger partial charge in [-0.1, -0.05) is 0 Å². The van der Waals surface area contributed by atoms with Crippen LogP contribution in [0.2, 0.25) is 0 Å². The molecule has 1 atom stereocenters. The largest absolute Gasteiger partial charge is 0.492 e. The van der Waals surface area contributed by atoms with Crippen molar-refractivity contribution < 1.29 is 27.4 Å². The van der Waals surface area contributed by atoms with Gasteiger partial charge in [-0.05, 0) is 13.8 Å². The van der Waals surface area contributed by atoms with Gasteiger partial charge in [0.05, 0.1) is 20.1 Å². The van der Waals surface area contributed by atoms with Gasteiger partial charge in [0.15, 0.2) is 5.75 Å². The molecule has 0 bridgehead atoms. The molecule has 0 amide bonds. The Morgan fingerprint density at radius 1 is 1.48 bits per heavy atom. The summed E-state index contributed by atoms with van der Waals surface area (Å²) in [6.07, 6.45) is -5.30. The predicted molar refractivity (Wildman–Crippen MR) is 75.0 cm³/mol. The molecule has 0 fully saturated rings. The van der Waals surface area contributed by atoms with Crippen molar-refractivity contribution in [3.05, 3.63) is 4.88 Å². The molecular formula is C12H17F3N2O3S. The fourth-order valence-corrected chi connectivity index (χ4v) is 2.79. The first-order chi connectivity index (χ1) is 9.69. The number of nitrogens with two attached hydrogens (primary N) is 1. The van der Waals surface area contributed by atoms with Crippen molar-refractivity contribution >= 4 is 28.0 Å². The zero-order chi connectivity index (χ0) is 16.2. The molecular weight excluding hydrogens is 309 g/mol. The van der Waals surface area contributed by atoms with Gasteiger partial charge < -0.3 is 20.5 Å². The molecule has 1 unspecified atom stereocenters. The van der Waals surface area contributed by atoms with Crippen LogP contribution >= 0.6 is 11.3 Å². The van der Waals surface area contributed by atoms with Crippen LogP contribution in [0.5, 0.6) is 5.75 Å². The summed E-state index contributed by atoms with van der Waals surface area (Å²) in [4.78, 5) is 11.8. The van der Waals surface area contributed by atoms with E-state index in [1.165, 1.54) is 14.0 Å². The van der Waals surface area contributed by atoms with Crippen molar-refractivity contribution in [3.63, 3.8) is 0 Å². The molecule has 0 saturated carbocycles. The average molecular weight is 326 g/mol. The Balaban J connectivity index is 2.97. The van der Waals surface area contributed by atoms with Crippen molar-refractivity contribution in [2.24, 2.45) is 0 Å². The third-order valence-corrected chi connectivity index (χ3v) is 3.58. The van der Waals surface area contributed by atoms with Gasteiger partial charge in [-0.2, -0.15) is 13.2 Å². The number of thiophene rings is 1. The lowest BCUT2D eigenvalue weighted by atomic mass is 10.2. The van der Waals surface area contributed by atoms with E-state index in [1.54, 1.807) is 6.92 Å². The number of carbonyl (C=O) groups excluding carboxylic acids is 1. The Hall–Kier alpha value is -1.64. The first-order valence-electron chi connectivity index (χ1n) is 6.16. The van der Waals surface area contributed by atoms with Gasteiger partial charge in [-0.3, -0.25) is 0 Å². The number of rotatable bonds is 6. The second-order valence-electron chi connectivity index (χ2n) is 4.29. The number of halogens is 3. The van der Waals surface area contributed by atoms with Crippen molar-refractivity contribution in [1.29, 1.82) is 0 Å². The average Bonchev–Trinajstić information content (AvgIpc) is 2.63. The highest BCUT2D eigenvalue weighted by molar-refractivity contribution is 7.19. The second-order valence-corrected chi connectivity index (χ2v) is 5.31. The minimum atomic E-state index is -4.29. The molecule has 1 rings (SSSR count). The Kier molecular flexibility index (Phi) is 5.70. The lowest BCUT2D eigenvalue weighted by molar-refractivity contribution is -0.136. The zero-order valence-corrected chi connectivity index (χ0v) is 12.7. The monoisotopic (exact) mass is 326 g/mol. The zero-order valence-electron chi connectivity index (χ0n) is 11.8. The van der Waals surface area contributed by atoms with Gasteiger partial charge in [-0.25, -0.2) is 4.79 Å². The molecule has 0 saturated heterocycles. The first kappa shape index (κ1) is 17.4. The van der Waals surface area contributed by atoms with E-state index in [4.69, 9.17) is 15.2 Å². The molecule has 1 heterocycles. The number of carbonyl (C=O) groups is 1. The fourth-order valence-electron chi connectivity index (χ4n) is 1.70. The van der Waals surface area contributed by atoms with Crippen molar-refractivity contribution in [1.82, 2.24) is 0 Å². The van der Waals surface area contributed by atoms with E-state index in [-0.39, 0.29) is 27.9 Å². The van der Waals surface area contributed by atoms with Crippen molar-refractivity contribution in [2.45, 2.75) is 32.5 Å². The Labute approximate surface area is 124 Å². The fraction of sp³-hybridized carbons (Fsp3) is 0.583. The quantitative estimate of drug-likeness (QED) is 0.785. The van der Waals surface area contributed by atoms with E-state index < -0.39 is 24.6 Å². The summed E-state index contributed by atoms with van der Waals surface area (Å²) in [6, 6.07) is -0.882.